The fourth-order valence-electron chi connectivity index (χ4n) is 2.38. The average Bonchev–Trinajstić information content (AvgIpc) is 2.46. The van der Waals surface area contributed by atoms with E-state index in [9.17, 15) is 4.39 Å². The second-order valence-corrected chi connectivity index (χ2v) is 5.19. The number of halogens is 1. The number of benzene rings is 2. The summed E-state index contributed by atoms with van der Waals surface area (Å²) < 4.78 is 13.1. The van der Waals surface area contributed by atoms with Gasteiger partial charge in [-0.2, -0.15) is 0 Å². The molecule has 1 unspecified atom stereocenters. The van der Waals surface area contributed by atoms with E-state index in [1.165, 1.54) is 23.3 Å². The Hall–Kier alpha value is -1.67. The van der Waals surface area contributed by atoms with E-state index in [4.69, 9.17) is 0 Å². The monoisotopic (exact) mass is 271 g/mol. The smallest absolute Gasteiger partial charge is 0.123 e. The quantitative estimate of drug-likeness (QED) is 0.820. The number of hydrogen-bond acceptors (Lipinski definition) is 1. The molecule has 0 saturated heterocycles. The molecule has 0 heterocycles. The minimum absolute atomic E-state index is 0.182. The fraction of sp³-hybridized carbons (Fsp3) is 0.333. The molecule has 0 aliphatic heterocycles. The van der Waals surface area contributed by atoms with Gasteiger partial charge in [-0.3, -0.25) is 0 Å². The molecule has 2 rings (SSSR count). The van der Waals surface area contributed by atoms with Crippen molar-refractivity contribution in [3.63, 3.8) is 0 Å². The SMILES string of the molecule is CCCNC(Cc1ccccc1C)c1ccc(F)cc1. The number of hydrogen-bond donors (Lipinski definition) is 1. The van der Waals surface area contributed by atoms with Crippen molar-refractivity contribution in [2.75, 3.05) is 6.54 Å². The van der Waals surface area contributed by atoms with Gasteiger partial charge < -0.3 is 5.32 Å². The molecule has 2 aromatic rings. The van der Waals surface area contributed by atoms with Crippen LogP contribution in [0.15, 0.2) is 48.5 Å². The first-order chi connectivity index (χ1) is 9.70. The summed E-state index contributed by atoms with van der Waals surface area (Å²) in [5.74, 6) is -0.182. The van der Waals surface area contributed by atoms with Gasteiger partial charge in [-0.05, 0) is 55.1 Å². The van der Waals surface area contributed by atoms with Crippen LogP contribution in [0.3, 0.4) is 0 Å². The Morgan fingerprint density at radius 2 is 1.75 bits per heavy atom. The van der Waals surface area contributed by atoms with Crippen molar-refractivity contribution in [3.8, 4) is 0 Å². The highest BCUT2D eigenvalue weighted by Gasteiger charge is 2.12. The molecule has 0 amide bonds. The van der Waals surface area contributed by atoms with Crippen molar-refractivity contribution >= 4 is 0 Å². The van der Waals surface area contributed by atoms with Gasteiger partial charge in [-0.1, -0.05) is 43.3 Å². The summed E-state index contributed by atoms with van der Waals surface area (Å²) in [5, 5.41) is 3.56. The van der Waals surface area contributed by atoms with E-state index in [-0.39, 0.29) is 11.9 Å². The Labute approximate surface area is 120 Å². The molecule has 0 spiro atoms. The molecule has 20 heavy (non-hydrogen) atoms. The van der Waals surface area contributed by atoms with Crippen molar-refractivity contribution in [1.29, 1.82) is 0 Å². The van der Waals surface area contributed by atoms with Crippen molar-refractivity contribution in [1.82, 2.24) is 5.32 Å². The van der Waals surface area contributed by atoms with Gasteiger partial charge in [0.15, 0.2) is 0 Å². The van der Waals surface area contributed by atoms with E-state index in [0.717, 1.165) is 24.9 Å². The molecule has 0 aliphatic carbocycles. The molecule has 2 aromatic carbocycles. The summed E-state index contributed by atoms with van der Waals surface area (Å²) in [6.45, 7) is 5.26. The largest absolute Gasteiger partial charge is 0.310 e. The molecule has 0 aliphatic rings. The zero-order valence-electron chi connectivity index (χ0n) is 12.2. The van der Waals surface area contributed by atoms with Crippen LogP contribution in [0.2, 0.25) is 0 Å². The molecular formula is C18H22FN. The molecular weight excluding hydrogens is 249 g/mol. The molecule has 2 heteroatoms. The Morgan fingerprint density at radius 3 is 2.40 bits per heavy atom. The third-order valence-corrected chi connectivity index (χ3v) is 3.60. The Morgan fingerprint density at radius 1 is 1.05 bits per heavy atom. The lowest BCUT2D eigenvalue weighted by Gasteiger charge is -2.20. The van der Waals surface area contributed by atoms with Crippen LogP contribution in [0.5, 0.6) is 0 Å². The van der Waals surface area contributed by atoms with Gasteiger partial charge in [-0.25, -0.2) is 4.39 Å². The molecule has 1 nitrogen and oxygen atoms in total. The van der Waals surface area contributed by atoms with Crippen LogP contribution in [-0.2, 0) is 6.42 Å². The predicted molar refractivity (Wildman–Crippen MR) is 82.3 cm³/mol. The normalized spacial score (nSPS) is 12.3. The van der Waals surface area contributed by atoms with Crippen LogP contribution in [-0.4, -0.2) is 6.54 Å². The minimum Gasteiger partial charge on any atom is -0.310 e. The topological polar surface area (TPSA) is 12.0 Å². The Balaban J connectivity index is 2.19. The van der Waals surface area contributed by atoms with E-state index in [1.807, 2.05) is 12.1 Å². The van der Waals surface area contributed by atoms with E-state index < -0.39 is 0 Å². The summed E-state index contributed by atoms with van der Waals surface area (Å²) >= 11 is 0. The average molecular weight is 271 g/mol. The minimum atomic E-state index is -0.182. The van der Waals surface area contributed by atoms with E-state index in [0.29, 0.717) is 0 Å². The van der Waals surface area contributed by atoms with E-state index in [2.05, 4.69) is 43.4 Å². The lowest BCUT2D eigenvalue weighted by molar-refractivity contribution is 0.527. The summed E-state index contributed by atoms with van der Waals surface area (Å²) in [6, 6.07) is 15.5. The van der Waals surface area contributed by atoms with E-state index >= 15 is 0 Å². The zero-order chi connectivity index (χ0) is 14.4. The first kappa shape index (κ1) is 14.7. The second kappa shape index (κ2) is 7.20. The maximum atomic E-state index is 13.1. The standard InChI is InChI=1S/C18H22FN/c1-3-12-20-18(15-8-10-17(19)11-9-15)13-16-7-5-4-6-14(16)2/h4-11,18,20H,3,12-13H2,1-2H3. The molecule has 0 bridgehead atoms. The first-order valence-electron chi connectivity index (χ1n) is 7.24. The van der Waals surface area contributed by atoms with Crippen LogP contribution in [0.1, 0.15) is 36.1 Å². The number of aryl methyl sites for hydroxylation is 1. The van der Waals surface area contributed by atoms with Gasteiger partial charge in [0.1, 0.15) is 5.82 Å². The van der Waals surface area contributed by atoms with Gasteiger partial charge in [-0.15, -0.1) is 0 Å². The number of nitrogens with one attached hydrogen (secondary N) is 1. The van der Waals surface area contributed by atoms with Crippen molar-refractivity contribution in [2.45, 2.75) is 32.7 Å². The Bertz CT molecular complexity index is 533. The summed E-state index contributed by atoms with van der Waals surface area (Å²) in [4.78, 5) is 0. The van der Waals surface area contributed by atoms with Gasteiger partial charge in [0.05, 0.1) is 0 Å². The lowest BCUT2D eigenvalue weighted by atomic mass is 9.96. The van der Waals surface area contributed by atoms with Crippen LogP contribution in [0, 0.1) is 12.7 Å². The maximum Gasteiger partial charge on any atom is 0.123 e. The molecule has 0 aromatic heterocycles. The highest BCUT2D eigenvalue weighted by Crippen LogP contribution is 2.21. The number of rotatable bonds is 6. The highest BCUT2D eigenvalue weighted by atomic mass is 19.1. The molecule has 0 saturated carbocycles. The molecule has 106 valence electrons. The van der Waals surface area contributed by atoms with Gasteiger partial charge in [0.2, 0.25) is 0 Å². The fourth-order valence-corrected chi connectivity index (χ4v) is 2.38. The van der Waals surface area contributed by atoms with Crippen molar-refractivity contribution in [3.05, 3.63) is 71.0 Å². The summed E-state index contributed by atoms with van der Waals surface area (Å²) in [5.41, 5.74) is 3.78. The van der Waals surface area contributed by atoms with Crippen LogP contribution in [0.4, 0.5) is 4.39 Å². The third-order valence-electron chi connectivity index (χ3n) is 3.60. The van der Waals surface area contributed by atoms with E-state index in [1.54, 1.807) is 0 Å². The van der Waals surface area contributed by atoms with Crippen molar-refractivity contribution in [2.24, 2.45) is 0 Å². The first-order valence-corrected chi connectivity index (χ1v) is 7.24. The van der Waals surface area contributed by atoms with Gasteiger partial charge >= 0.3 is 0 Å². The summed E-state index contributed by atoms with van der Waals surface area (Å²) in [7, 11) is 0. The summed E-state index contributed by atoms with van der Waals surface area (Å²) in [6.07, 6.45) is 2.02. The molecule has 0 radical (unpaired) electrons. The maximum absolute atomic E-state index is 13.1. The lowest BCUT2D eigenvalue weighted by Crippen LogP contribution is -2.24. The molecule has 0 fully saturated rings. The van der Waals surface area contributed by atoms with Gasteiger partial charge in [0.25, 0.3) is 0 Å². The third kappa shape index (κ3) is 3.91. The zero-order valence-corrected chi connectivity index (χ0v) is 12.2. The van der Waals surface area contributed by atoms with Gasteiger partial charge in [0, 0.05) is 6.04 Å². The van der Waals surface area contributed by atoms with Crippen molar-refractivity contribution < 1.29 is 4.39 Å². The molecule has 1 atom stereocenters. The van der Waals surface area contributed by atoms with Crippen LogP contribution in [0.25, 0.3) is 0 Å². The second-order valence-electron chi connectivity index (χ2n) is 5.19. The predicted octanol–water partition coefficient (Wildman–Crippen LogP) is 4.42. The molecule has 1 N–H and O–H groups in total. The van der Waals surface area contributed by atoms with Crippen LogP contribution >= 0.6 is 0 Å². The Kier molecular flexibility index (Phi) is 5.31. The highest BCUT2D eigenvalue weighted by molar-refractivity contribution is 5.29. The van der Waals surface area contributed by atoms with Crippen LogP contribution < -0.4 is 5.32 Å².